The first-order valence-corrected chi connectivity index (χ1v) is 10.9. The highest BCUT2D eigenvalue weighted by molar-refractivity contribution is 7.89. The van der Waals surface area contributed by atoms with Gasteiger partial charge in [-0.2, -0.15) is 4.31 Å². The van der Waals surface area contributed by atoms with E-state index in [9.17, 15) is 13.2 Å². The van der Waals surface area contributed by atoms with Crippen LogP contribution in [0, 0.1) is 5.92 Å². The minimum absolute atomic E-state index is 0.151. The smallest absolute Gasteiger partial charge is 0.243 e. The van der Waals surface area contributed by atoms with Gasteiger partial charge in [0, 0.05) is 30.2 Å². The van der Waals surface area contributed by atoms with Crippen LogP contribution in [0.5, 0.6) is 5.75 Å². The Labute approximate surface area is 170 Å². The van der Waals surface area contributed by atoms with Crippen LogP contribution in [0.3, 0.4) is 0 Å². The maximum atomic E-state index is 12.9. The van der Waals surface area contributed by atoms with Crippen LogP contribution in [-0.2, 0) is 21.4 Å². The molecule has 1 N–H and O–H groups in total. The Kier molecular flexibility index (Phi) is 6.59. The number of hydrogen-bond acceptors (Lipinski definition) is 4. The maximum absolute atomic E-state index is 12.9. The molecule has 0 radical (unpaired) electrons. The standard InChI is InChI=1S/C20H23ClN2O4S/c1-27-19-7-3-2-5-15(19)13-22-20(24)16-6-4-12-23(14-16)28(25,26)18-10-8-17(21)9-11-18/h2-3,5,7-11,16H,4,6,12-14H2,1H3,(H,22,24)/t16-/m0/s1. The third-order valence-corrected chi connectivity index (χ3v) is 6.98. The largest absolute Gasteiger partial charge is 0.496 e. The molecule has 2 aromatic carbocycles. The van der Waals surface area contributed by atoms with Crippen molar-refractivity contribution >= 4 is 27.5 Å². The van der Waals surface area contributed by atoms with Crippen molar-refractivity contribution in [1.82, 2.24) is 9.62 Å². The maximum Gasteiger partial charge on any atom is 0.243 e. The Hall–Kier alpha value is -2.09. The van der Waals surface area contributed by atoms with E-state index in [1.54, 1.807) is 19.2 Å². The van der Waals surface area contributed by atoms with Gasteiger partial charge >= 0.3 is 0 Å². The molecule has 1 aliphatic rings. The van der Waals surface area contributed by atoms with Gasteiger partial charge in [-0.15, -0.1) is 0 Å². The quantitative estimate of drug-likeness (QED) is 0.776. The summed E-state index contributed by atoms with van der Waals surface area (Å²) in [7, 11) is -2.06. The van der Waals surface area contributed by atoms with Crippen molar-refractivity contribution < 1.29 is 17.9 Å². The lowest BCUT2D eigenvalue weighted by molar-refractivity contribution is -0.126. The summed E-state index contributed by atoms with van der Waals surface area (Å²) in [6.07, 6.45) is 1.30. The molecule has 1 fully saturated rings. The molecule has 1 atom stereocenters. The molecule has 2 aromatic rings. The molecule has 6 nitrogen and oxygen atoms in total. The van der Waals surface area contributed by atoms with Crippen LogP contribution in [0.15, 0.2) is 53.4 Å². The number of ether oxygens (including phenoxy) is 1. The number of sulfonamides is 1. The van der Waals surface area contributed by atoms with Crippen molar-refractivity contribution in [3.8, 4) is 5.75 Å². The molecule has 0 spiro atoms. The van der Waals surface area contributed by atoms with Crippen molar-refractivity contribution in [1.29, 1.82) is 0 Å². The van der Waals surface area contributed by atoms with Crippen LogP contribution in [0.1, 0.15) is 18.4 Å². The van der Waals surface area contributed by atoms with Crippen LogP contribution >= 0.6 is 11.6 Å². The van der Waals surface area contributed by atoms with Gasteiger partial charge in [-0.25, -0.2) is 8.42 Å². The summed E-state index contributed by atoms with van der Waals surface area (Å²) in [5.74, 6) is 0.172. The summed E-state index contributed by atoms with van der Waals surface area (Å²) in [4.78, 5) is 12.8. The number of nitrogens with zero attached hydrogens (tertiary/aromatic N) is 1. The molecule has 1 heterocycles. The third-order valence-electron chi connectivity index (χ3n) is 4.85. The number of halogens is 1. The van der Waals surface area contributed by atoms with Crippen LogP contribution in [0.25, 0.3) is 0 Å². The van der Waals surface area contributed by atoms with Gasteiger partial charge in [0.2, 0.25) is 15.9 Å². The van der Waals surface area contributed by atoms with Gasteiger partial charge < -0.3 is 10.1 Å². The van der Waals surface area contributed by atoms with Crippen molar-refractivity contribution in [3.63, 3.8) is 0 Å². The number of rotatable bonds is 6. The first kappa shape index (κ1) is 20.6. The molecule has 0 unspecified atom stereocenters. The van der Waals surface area contributed by atoms with Crippen LogP contribution in [0.4, 0.5) is 0 Å². The highest BCUT2D eigenvalue weighted by Crippen LogP contribution is 2.25. The van der Waals surface area contributed by atoms with E-state index in [4.69, 9.17) is 16.3 Å². The summed E-state index contributed by atoms with van der Waals surface area (Å²) >= 11 is 5.85. The number of nitrogens with one attached hydrogen (secondary N) is 1. The van der Waals surface area contributed by atoms with E-state index in [1.165, 1.54) is 16.4 Å². The van der Waals surface area contributed by atoms with E-state index in [1.807, 2.05) is 24.3 Å². The van der Waals surface area contributed by atoms with E-state index < -0.39 is 10.0 Å². The molecule has 28 heavy (non-hydrogen) atoms. The Morgan fingerprint density at radius 1 is 1.21 bits per heavy atom. The lowest BCUT2D eigenvalue weighted by Gasteiger charge is -2.31. The zero-order valence-corrected chi connectivity index (χ0v) is 17.2. The van der Waals surface area contributed by atoms with Crippen LogP contribution in [0.2, 0.25) is 5.02 Å². The summed E-state index contributed by atoms with van der Waals surface area (Å²) in [5.41, 5.74) is 0.875. The predicted octanol–water partition coefficient (Wildman–Crippen LogP) is 3.07. The Bertz CT molecular complexity index is 931. The minimum atomic E-state index is -3.65. The first-order chi connectivity index (χ1) is 13.4. The van der Waals surface area contributed by atoms with Crippen molar-refractivity contribution in [2.24, 2.45) is 5.92 Å². The number of hydrogen-bond donors (Lipinski definition) is 1. The number of para-hydroxylation sites is 1. The van der Waals surface area contributed by atoms with Gasteiger partial charge in [0.1, 0.15) is 5.75 Å². The average molecular weight is 423 g/mol. The average Bonchev–Trinajstić information content (AvgIpc) is 2.72. The number of carbonyl (C=O) groups is 1. The fourth-order valence-corrected chi connectivity index (χ4v) is 4.96. The molecule has 0 saturated carbocycles. The van der Waals surface area contributed by atoms with Crippen LogP contribution in [-0.4, -0.2) is 38.8 Å². The molecule has 0 aliphatic carbocycles. The third kappa shape index (κ3) is 4.66. The predicted molar refractivity (Wildman–Crippen MR) is 108 cm³/mol. The summed E-state index contributed by atoms with van der Waals surface area (Å²) in [5, 5.41) is 3.38. The van der Waals surface area contributed by atoms with Gasteiger partial charge in [-0.05, 0) is 43.2 Å². The van der Waals surface area contributed by atoms with Gasteiger partial charge in [0.15, 0.2) is 0 Å². The van der Waals surface area contributed by atoms with Crippen molar-refractivity contribution in [2.75, 3.05) is 20.2 Å². The second kappa shape index (κ2) is 8.94. The number of piperidine rings is 1. The second-order valence-corrected chi connectivity index (χ2v) is 9.06. The molecule has 3 rings (SSSR count). The first-order valence-electron chi connectivity index (χ1n) is 9.07. The molecular weight excluding hydrogens is 400 g/mol. The molecule has 8 heteroatoms. The number of amides is 1. The van der Waals surface area contributed by atoms with E-state index in [-0.39, 0.29) is 23.3 Å². The summed E-state index contributed by atoms with van der Waals surface area (Å²) in [6.45, 7) is 0.910. The van der Waals surface area contributed by atoms with Gasteiger partial charge in [-0.1, -0.05) is 29.8 Å². The minimum Gasteiger partial charge on any atom is -0.496 e. The summed E-state index contributed by atoms with van der Waals surface area (Å²) < 4.78 is 32.4. The van der Waals surface area contributed by atoms with E-state index >= 15 is 0 Å². The highest BCUT2D eigenvalue weighted by Gasteiger charge is 2.33. The zero-order valence-electron chi connectivity index (χ0n) is 15.6. The van der Waals surface area contributed by atoms with Crippen LogP contribution < -0.4 is 10.1 Å². The molecule has 1 saturated heterocycles. The number of benzene rings is 2. The lowest BCUT2D eigenvalue weighted by atomic mass is 9.98. The zero-order chi connectivity index (χ0) is 20.1. The van der Waals surface area contributed by atoms with Gasteiger partial charge in [-0.3, -0.25) is 4.79 Å². The SMILES string of the molecule is COc1ccccc1CNC(=O)[C@H]1CCCN(S(=O)(=O)c2ccc(Cl)cc2)C1. The Morgan fingerprint density at radius 3 is 2.64 bits per heavy atom. The van der Waals surface area contributed by atoms with Crippen molar-refractivity contribution in [3.05, 3.63) is 59.1 Å². The second-order valence-electron chi connectivity index (χ2n) is 6.69. The van der Waals surface area contributed by atoms with E-state index in [2.05, 4.69) is 5.32 Å². The van der Waals surface area contributed by atoms with E-state index in [0.717, 1.165) is 5.56 Å². The molecular formula is C20H23ClN2O4S. The molecule has 0 bridgehead atoms. The Morgan fingerprint density at radius 2 is 1.93 bits per heavy atom. The van der Waals surface area contributed by atoms with E-state index in [0.29, 0.717) is 36.7 Å². The van der Waals surface area contributed by atoms with Gasteiger partial charge in [0.05, 0.1) is 17.9 Å². The number of carbonyl (C=O) groups excluding carboxylic acids is 1. The van der Waals surface area contributed by atoms with Gasteiger partial charge in [0.25, 0.3) is 0 Å². The monoisotopic (exact) mass is 422 g/mol. The molecule has 1 aliphatic heterocycles. The normalized spacial score (nSPS) is 17.9. The van der Waals surface area contributed by atoms with Crippen molar-refractivity contribution in [2.45, 2.75) is 24.3 Å². The fourth-order valence-electron chi connectivity index (χ4n) is 3.31. The highest BCUT2D eigenvalue weighted by atomic mass is 35.5. The molecule has 0 aromatic heterocycles. The summed E-state index contributed by atoms with van der Waals surface area (Å²) in [6, 6.07) is 13.5. The number of methoxy groups -OCH3 is 1. The Balaban J connectivity index is 1.65. The topological polar surface area (TPSA) is 75.7 Å². The molecule has 150 valence electrons. The molecule has 1 amide bonds. The fraction of sp³-hybridized carbons (Fsp3) is 0.350. The lowest BCUT2D eigenvalue weighted by Crippen LogP contribution is -2.45.